The van der Waals surface area contributed by atoms with Crippen LogP contribution in [0.3, 0.4) is 0 Å². The van der Waals surface area contributed by atoms with E-state index in [1.165, 1.54) is 27.7 Å². The summed E-state index contributed by atoms with van der Waals surface area (Å²) in [7, 11) is -4.34. The minimum Gasteiger partial charge on any atom is -0.478 e. The Kier molecular flexibility index (Phi) is 4.48. The third-order valence-corrected chi connectivity index (χ3v) is 5.06. The molecule has 1 aromatic carbocycles. The molecule has 0 spiro atoms. The van der Waals surface area contributed by atoms with Crippen molar-refractivity contribution in [2.75, 3.05) is 0 Å². The summed E-state index contributed by atoms with van der Waals surface area (Å²) in [6, 6.07) is 2.48. The molecule has 0 aliphatic rings. The molecule has 0 aliphatic heterocycles. The summed E-state index contributed by atoms with van der Waals surface area (Å²) < 4.78 is 40.4. The molecule has 1 rings (SSSR count). The number of aliphatic hydroxyl groups is 1. The molecular formula is C13H18FNO5S. The number of carboxylic acids is 1. The first-order valence-electron chi connectivity index (χ1n) is 6.07. The maximum Gasteiger partial charge on any atom is 0.335 e. The molecule has 21 heavy (non-hydrogen) atoms. The van der Waals surface area contributed by atoms with Gasteiger partial charge in [-0.25, -0.2) is 22.3 Å². The zero-order valence-corrected chi connectivity index (χ0v) is 13.0. The Morgan fingerprint density at radius 3 is 2.19 bits per heavy atom. The van der Waals surface area contributed by atoms with Crippen molar-refractivity contribution in [3.05, 3.63) is 29.6 Å². The molecular weight excluding hydrogens is 301 g/mol. The van der Waals surface area contributed by atoms with Crippen LogP contribution in [0.5, 0.6) is 0 Å². The van der Waals surface area contributed by atoms with Gasteiger partial charge in [-0.15, -0.1) is 0 Å². The van der Waals surface area contributed by atoms with E-state index in [-0.39, 0.29) is 5.56 Å². The van der Waals surface area contributed by atoms with Crippen molar-refractivity contribution in [2.24, 2.45) is 0 Å². The summed E-state index contributed by atoms with van der Waals surface area (Å²) in [5, 5.41) is 18.8. The van der Waals surface area contributed by atoms with E-state index in [1.807, 2.05) is 0 Å². The first-order valence-corrected chi connectivity index (χ1v) is 7.55. The van der Waals surface area contributed by atoms with Gasteiger partial charge in [0.05, 0.1) is 16.7 Å². The minimum absolute atomic E-state index is 0.349. The first-order chi connectivity index (χ1) is 9.28. The van der Waals surface area contributed by atoms with Crippen molar-refractivity contribution in [3.63, 3.8) is 0 Å². The SMILES string of the molecule is CC(C)(O)C(C)(C)NS(=O)(=O)c1cc(C(=O)O)ccc1F. The Labute approximate surface area is 122 Å². The van der Waals surface area contributed by atoms with Crippen LogP contribution in [0.2, 0.25) is 0 Å². The van der Waals surface area contributed by atoms with Gasteiger partial charge in [0.15, 0.2) is 0 Å². The monoisotopic (exact) mass is 319 g/mol. The average Bonchev–Trinajstić information content (AvgIpc) is 2.25. The van der Waals surface area contributed by atoms with E-state index < -0.39 is 37.8 Å². The first kappa shape index (κ1) is 17.5. The van der Waals surface area contributed by atoms with Gasteiger partial charge in [0, 0.05) is 0 Å². The number of aromatic carboxylic acids is 1. The summed E-state index contributed by atoms with van der Waals surface area (Å²) in [6.07, 6.45) is 0. The molecule has 0 unspecified atom stereocenters. The molecule has 3 N–H and O–H groups in total. The Hall–Kier alpha value is -1.51. The Morgan fingerprint density at radius 2 is 1.76 bits per heavy atom. The fourth-order valence-corrected chi connectivity index (χ4v) is 3.00. The summed E-state index contributed by atoms with van der Waals surface area (Å²) in [5.41, 5.74) is -3.06. The molecule has 0 saturated heterocycles. The van der Waals surface area contributed by atoms with E-state index >= 15 is 0 Å². The van der Waals surface area contributed by atoms with Crippen LogP contribution in [0, 0.1) is 5.82 Å². The second kappa shape index (κ2) is 5.36. The van der Waals surface area contributed by atoms with Crippen LogP contribution in [0.15, 0.2) is 23.1 Å². The lowest BCUT2D eigenvalue weighted by Gasteiger charge is -2.37. The number of sulfonamides is 1. The number of benzene rings is 1. The molecule has 0 radical (unpaired) electrons. The van der Waals surface area contributed by atoms with Gasteiger partial charge in [0.25, 0.3) is 0 Å². The lowest BCUT2D eigenvalue weighted by Crippen LogP contribution is -2.57. The number of halogens is 1. The number of rotatable bonds is 5. The summed E-state index contributed by atoms with van der Waals surface area (Å²) in [5.74, 6) is -2.44. The zero-order valence-electron chi connectivity index (χ0n) is 12.1. The molecule has 0 fully saturated rings. The number of nitrogens with one attached hydrogen (secondary N) is 1. The predicted octanol–water partition coefficient (Wildman–Crippen LogP) is 1.35. The van der Waals surface area contributed by atoms with Crippen molar-refractivity contribution in [1.29, 1.82) is 0 Å². The molecule has 0 heterocycles. The van der Waals surface area contributed by atoms with Crippen molar-refractivity contribution in [2.45, 2.75) is 43.7 Å². The van der Waals surface area contributed by atoms with E-state index in [2.05, 4.69) is 4.72 Å². The highest BCUT2D eigenvalue weighted by atomic mass is 32.2. The van der Waals surface area contributed by atoms with Crippen LogP contribution in [0.4, 0.5) is 4.39 Å². The fourth-order valence-electron chi connectivity index (χ4n) is 1.36. The molecule has 0 aromatic heterocycles. The molecule has 0 aliphatic carbocycles. The van der Waals surface area contributed by atoms with Gasteiger partial charge in [-0.2, -0.15) is 0 Å². The van der Waals surface area contributed by atoms with Gasteiger partial charge in [-0.3, -0.25) is 0 Å². The van der Waals surface area contributed by atoms with Gasteiger partial charge in [0.1, 0.15) is 10.7 Å². The van der Waals surface area contributed by atoms with Gasteiger partial charge in [-0.1, -0.05) is 0 Å². The summed E-state index contributed by atoms with van der Waals surface area (Å²) in [6.45, 7) is 5.67. The quantitative estimate of drug-likeness (QED) is 0.760. The topological polar surface area (TPSA) is 104 Å². The number of carboxylic acid groups (broad SMARTS) is 1. The molecule has 1 aromatic rings. The number of hydrogen-bond acceptors (Lipinski definition) is 4. The second-order valence-corrected chi connectivity index (χ2v) is 7.39. The molecule has 0 amide bonds. The molecule has 0 saturated carbocycles. The maximum atomic E-state index is 13.7. The van der Waals surface area contributed by atoms with Crippen LogP contribution in [-0.2, 0) is 10.0 Å². The predicted molar refractivity (Wildman–Crippen MR) is 74.1 cm³/mol. The summed E-state index contributed by atoms with van der Waals surface area (Å²) in [4.78, 5) is 10.1. The van der Waals surface area contributed by atoms with Crippen molar-refractivity contribution in [3.8, 4) is 0 Å². The Bertz CT molecular complexity index is 662. The molecule has 8 heteroatoms. The van der Waals surface area contributed by atoms with Gasteiger partial charge in [-0.05, 0) is 45.9 Å². The van der Waals surface area contributed by atoms with Crippen molar-refractivity contribution < 1.29 is 27.8 Å². The third-order valence-electron chi connectivity index (χ3n) is 3.39. The average molecular weight is 319 g/mol. The Balaban J connectivity index is 3.33. The van der Waals surface area contributed by atoms with E-state index in [1.54, 1.807) is 0 Å². The van der Waals surface area contributed by atoms with Crippen LogP contribution < -0.4 is 4.72 Å². The fraction of sp³-hybridized carbons (Fsp3) is 0.462. The van der Waals surface area contributed by atoms with Gasteiger partial charge < -0.3 is 10.2 Å². The van der Waals surface area contributed by atoms with Crippen LogP contribution >= 0.6 is 0 Å². The molecule has 118 valence electrons. The Morgan fingerprint density at radius 1 is 1.24 bits per heavy atom. The van der Waals surface area contributed by atoms with Crippen LogP contribution in [0.25, 0.3) is 0 Å². The lowest BCUT2D eigenvalue weighted by molar-refractivity contribution is 0.00635. The highest BCUT2D eigenvalue weighted by Crippen LogP contribution is 2.25. The standard InChI is InChI=1S/C13H18FNO5S/c1-12(2,13(3,4)18)15-21(19,20)10-7-8(11(16)17)5-6-9(10)14/h5-7,15,18H,1-4H3,(H,16,17). The maximum absolute atomic E-state index is 13.7. The van der Waals surface area contributed by atoms with Crippen molar-refractivity contribution in [1.82, 2.24) is 4.72 Å². The normalized spacial score (nSPS) is 13.2. The van der Waals surface area contributed by atoms with Crippen molar-refractivity contribution >= 4 is 16.0 Å². The molecule has 6 nitrogen and oxygen atoms in total. The smallest absolute Gasteiger partial charge is 0.335 e. The number of carbonyl (C=O) groups is 1. The highest BCUT2D eigenvalue weighted by Gasteiger charge is 2.39. The van der Waals surface area contributed by atoms with Crippen LogP contribution in [0.1, 0.15) is 38.1 Å². The molecule has 0 atom stereocenters. The van der Waals surface area contributed by atoms with Gasteiger partial charge >= 0.3 is 5.97 Å². The molecule has 0 bridgehead atoms. The second-order valence-electron chi connectivity index (χ2n) is 5.74. The zero-order chi connectivity index (χ0) is 16.6. The number of hydrogen-bond donors (Lipinski definition) is 3. The minimum atomic E-state index is -4.34. The van der Waals surface area contributed by atoms with E-state index in [9.17, 15) is 22.7 Å². The summed E-state index contributed by atoms with van der Waals surface area (Å²) >= 11 is 0. The van der Waals surface area contributed by atoms with E-state index in [4.69, 9.17) is 5.11 Å². The van der Waals surface area contributed by atoms with E-state index in [0.717, 1.165) is 18.2 Å². The lowest BCUT2D eigenvalue weighted by atomic mass is 9.87. The van der Waals surface area contributed by atoms with Gasteiger partial charge in [0.2, 0.25) is 10.0 Å². The van der Waals surface area contributed by atoms with E-state index in [0.29, 0.717) is 0 Å². The van der Waals surface area contributed by atoms with Crippen LogP contribution in [-0.4, -0.2) is 35.7 Å². The highest BCUT2D eigenvalue weighted by molar-refractivity contribution is 7.89. The largest absolute Gasteiger partial charge is 0.478 e. The third kappa shape index (κ3) is 3.78.